The maximum absolute atomic E-state index is 12.7. The van der Waals surface area contributed by atoms with Crippen molar-refractivity contribution in [2.75, 3.05) is 19.7 Å². The Hall–Kier alpha value is -3.42. The molecule has 1 aliphatic heterocycles. The van der Waals surface area contributed by atoms with Crippen molar-refractivity contribution in [1.82, 2.24) is 9.88 Å². The molecule has 1 saturated heterocycles. The van der Waals surface area contributed by atoms with Crippen molar-refractivity contribution in [3.63, 3.8) is 0 Å². The van der Waals surface area contributed by atoms with E-state index in [1.807, 2.05) is 0 Å². The van der Waals surface area contributed by atoms with Gasteiger partial charge in [0.2, 0.25) is 0 Å². The summed E-state index contributed by atoms with van der Waals surface area (Å²) in [7, 11) is 0. The molecule has 8 heteroatoms. The first-order valence-electron chi connectivity index (χ1n) is 10.3. The molecule has 0 aliphatic carbocycles. The molecule has 0 bridgehead atoms. The second-order valence-electron chi connectivity index (χ2n) is 7.19. The summed E-state index contributed by atoms with van der Waals surface area (Å²) >= 11 is 0. The lowest BCUT2D eigenvalue weighted by Crippen LogP contribution is -2.45. The highest BCUT2D eigenvalue weighted by Gasteiger charge is 2.31. The molecule has 0 spiro atoms. The van der Waals surface area contributed by atoms with Crippen LogP contribution in [0.15, 0.2) is 48.8 Å². The number of benzene rings is 1. The average Bonchev–Trinajstić information content (AvgIpc) is 2.80. The maximum atomic E-state index is 12.7. The standard InChI is InChI=1S/C23H26N2O6/c1-3-29-22(27)17-10-13-25(14-11-17)21(26)16(2)30-23(28)19-8-4-5-9-20(19)31-18-7-6-12-24-15-18/h4-9,12,15-17H,3,10-11,13-14H2,1-2H3. The summed E-state index contributed by atoms with van der Waals surface area (Å²) in [5, 5.41) is 0. The maximum Gasteiger partial charge on any atom is 0.342 e. The van der Waals surface area contributed by atoms with Gasteiger partial charge in [0.1, 0.15) is 17.1 Å². The summed E-state index contributed by atoms with van der Waals surface area (Å²) in [5.41, 5.74) is 0.215. The van der Waals surface area contributed by atoms with Crippen molar-refractivity contribution < 1.29 is 28.6 Å². The molecule has 31 heavy (non-hydrogen) atoms. The lowest BCUT2D eigenvalue weighted by molar-refractivity contribution is -0.152. The van der Waals surface area contributed by atoms with Gasteiger partial charge in [0.05, 0.1) is 18.7 Å². The lowest BCUT2D eigenvalue weighted by atomic mass is 9.97. The predicted octanol–water partition coefficient (Wildman–Crippen LogP) is 3.22. The number of hydrogen-bond acceptors (Lipinski definition) is 7. The number of carbonyl (C=O) groups is 3. The Kier molecular flexibility index (Phi) is 7.59. The van der Waals surface area contributed by atoms with Crippen molar-refractivity contribution in [3.05, 3.63) is 54.4 Å². The SMILES string of the molecule is CCOC(=O)C1CCN(C(=O)C(C)OC(=O)c2ccccc2Oc2cccnc2)CC1. The highest BCUT2D eigenvalue weighted by molar-refractivity contribution is 5.94. The Morgan fingerprint density at radius 3 is 2.55 bits per heavy atom. The minimum Gasteiger partial charge on any atom is -0.466 e. The van der Waals surface area contributed by atoms with Crippen LogP contribution < -0.4 is 4.74 Å². The molecule has 0 saturated carbocycles. The third kappa shape index (κ3) is 5.81. The molecule has 1 fully saturated rings. The fourth-order valence-electron chi connectivity index (χ4n) is 3.39. The summed E-state index contributed by atoms with van der Waals surface area (Å²) in [6, 6.07) is 10.1. The third-order valence-electron chi connectivity index (χ3n) is 5.03. The summed E-state index contributed by atoms with van der Waals surface area (Å²) in [4.78, 5) is 42.9. The summed E-state index contributed by atoms with van der Waals surface area (Å²) in [6.07, 6.45) is 3.27. The van der Waals surface area contributed by atoms with Crippen LogP contribution in [0.5, 0.6) is 11.5 Å². The van der Waals surface area contributed by atoms with E-state index in [2.05, 4.69) is 4.98 Å². The molecule has 1 unspecified atom stereocenters. The van der Waals surface area contributed by atoms with Gasteiger partial charge in [-0.15, -0.1) is 0 Å². The van der Waals surface area contributed by atoms with Crippen LogP contribution in [-0.4, -0.2) is 53.5 Å². The summed E-state index contributed by atoms with van der Waals surface area (Å²) in [5.74, 6) is -0.563. The molecule has 1 atom stereocenters. The minimum absolute atomic E-state index is 0.196. The van der Waals surface area contributed by atoms with E-state index in [0.717, 1.165) is 0 Å². The number of esters is 2. The summed E-state index contributed by atoms with van der Waals surface area (Å²) in [6.45, 7) is 4.50. The molecule has 2 heterocycles. The molecule has 0 N–H and O–H groups in total. The molecule has 1 aromatic heterocycles. The van der Waals surface area contributed by atoms with Crippen LogP contribution in [0.1, 0.15) is 37.0 Å². The van der Waals surface area contributed by atoms with E-state index in [-0.39, 0.29) is 23.4 Å². The van der Waals surface area contributed by atoms with Gasteiger partial charge in [0.25, 0.3) is 5.91 Å². The second-order valence-corrected chi connectivity index (χ2v) is 7.19. The van der Waals surface area contributed by atoms with E-state index < -0.39 is 12.1 Å². The quantitative estimate of drug-likeness (QED) is 0.627. The highest BCUT2D eigenvalue weighted by Crippen LogP contribution is 2.26. The minimum atomic E-state index is -0.960. The van der Waals surface area contributed by atoms with Gasteiger partial charge in [-0.2, -0.15) is 0 Å². The van der Waals surface area contributed by atoms with Gasteiger partial charge in [0.15, 0.2) is 6.10 Å². The van der Waals surface area contributed by atoms with E-state index >= 15 is 0 Å². The molecule has 3 rings (SSSR count). The van der Waals surface area contributed by atoms with Crippen molar-refractivity contribution in [2.45, 2.75) is 32.8 Å². The topological polar surface area (TPSA) is 95.0 Å². The molecule has 8 nitrogen and oxygen atoms in total. The van der Waals surface area contributed by atoms with E-state index in [0.29, 0.717) is 44.0 Å². The van der Waals surface area contributed by atoms with E-state index in [1.54, 1.807) is 61.3 Å². The number of likely N-dealkylation sites (tertiary alicyclic amines) is 1. The van der Waals surface area contributed by atoms with Crippen LogP contribution in [0.25, 0.3) is 0 Å². The largest absolute Gasteiger partial charge is 0.466 e. The Labute approximate surface area is 181 Å². The zero-order valence-electron chi connectivity index (χ0n) is 17.7. The molecule has 0 radical (unpaired) electrons. The lowest BCUT2D eigenvalue weighted by Gasteiger charge is -2.32. The molecular formula is C23H26N2O6. The normalized spacial score (nSPS) is 15.1. The number of nitrogens with zero attached hydrogens (tertiary/aromatic N) is 2. The number of hydrogen-bond donors (Lipinski definition) is 0. The smallest absolute Gasteiger partial charge is 0.342 e. The predicted molar refractivity (Wildman–Crippen MR) is 112 cm³/mol. The van der Waals surface area contributed by atoms with Gasteiger partial charge < -0.3 is 19.1 Å². The fraction of sp³-hybridized carbons (Fsp3) is 0.391. The van der Waals surface area contributed by atoms with Gasteiger partial charge >= 0.3 is 11.9 Å². The number of carbonyl (C=O) groups excluding carboxylic acids is 3. The number of ether oxygens (including phenoxy) is 3. The van der Waals surface area contributed by atoms with Crippen LogP contribution in [0.4, 0.5) is 0 Å². The van der Waals surface area contributed by atoms with Crippen molar-refractivity contribution in [3.8, 4) is 11.5 Å². The second kappa shape index (κ2) is 10.6. The van der Waals surface area contributed by atoms with Crippen LogP contribution in [0.2, 0.25) is 0 Å². The van der Waals surface area contributed by atoms with Crippen molar-refractivity contribution >= 4 is 17.8 Å². The highest BCUT2D eigenvalue weighted by atomic mass is 16.6. The Morgan fingerprint density at radius 2 is 1.87 bits per heavy atom. The zero-order valence-corrected chi connectivity index (χ0v) is 17.7. The fourth-order valence-corrected chi connectivity index (χ4v) is 3.39. The number of pyridine rings is 1. The van der Waals surface area contributed by atoms with Gasteiger partial charge in [-0.1, -0.05) is 12.1 Å². The van der Waals surface area contributed by atoms with Crippen molar-refractivity contribution in [2.24, 2.45) is 5.92 Å². The molecule has 1 aromatic carbocycles. The van der Waals surface area contributed by atoms with Gasteiger partial charge in [0, 0.05) is 19.3 Å². The van der Waals surface area contributed by atoms with Crippen LogP contribution in [-0.2, 0) is 19.1 Å². The number of rotatable bonds is 7. The van der Waals surface area contributed by atoms with Crippen LogP contribution >= 0.6 is 0 Å². The molecule has 164 valence electrons. The van der Waals surface area contributed by atoms with Crippen molar-refractivity contribution in [1.29, 1.82) is 0 Å². The first-order valence-corrected chi connectivity index (χ1v) is 10.3. The van der Waals surface area contributed by atoms with Gasteiger partial charge in [-0.05, 0) is 51.0 Å². The number of amides is 1. The molecule has 2 aromatic rings. The van der Waals surface area contributed by atoms with Gasteiger partial charge in [-0.25, -0.2) is 4.79 Å². The van der Waals surface area contributed by atoms with E-state index in [1.165, 1.54) is 6.20 Å². The Morgan fingerprint density at radius 1 is 1.13 bits per heavy atom. The van der Waals surface area contributed by atoms with Crippen LogP contribution in [0.3, 0.4) is 0 Å². The number of piperidine rings is 1. The Bertz CT molecular complexity index is 909. The molecule has 1 aliphatic rings. The zero-order chi connectivity index (χ0) is 22.2. The average molecular weight is 426 g/mol. The monoisotopic (exact) mass is 426 g/mol. The van der Waals surface area contributed by atoms with Gasteiger partial charge in [-0.3, -0.25) is 14.6 Å². The first-order chi connectivity index (χ1) is 15.0. The molecular weight excluding hydrogens is 400 g/mol. The summed E-state index contributed by atoms with van der Waals surface area (Å²) < 4.78 is 16.2. The Balaban J connectivity index is 1.58. The number of aromatic nitrogens is 1. The first kappa shape index (κ1) is 22.3. The molecule has 1 amide bonds. The van der Waals surface area contributed by atoms with Crippen LogP contribution in [0, 0.1) is 5.92 Å². The third-order valence-corrected chi connectivity index (χ3v) is 5.03. The van der Waals surface area contributed by atoms with E-state index in [9.17, 15) is 14.4 Å². The number of para-hydroxylation sites is 1. The van der Waals surface area contributed by atoms with E-state index in [4.69, 9.17) is 14.2 Å².